The van der Waals surface area contributed by atoms with Crippen LogP contribution in [0.5, 0.6) is 0 Å². The highest BCUT2D eigenvalue weighted by Gasteiger charge is 2.33. The molecule has 4 aromatic carbocycles. The van der Waals surface area contributed by atoms with Crippen LogP contribution in [-0.4, -0.2) is 123 Å². The molecule has 0 radical (unpaired) electrons. The summed E-state index contributed by atoms with van der Waals surface area (Å²) in [5.41, 5.74) is 32.5. The van der Waals surface area contributed by atoms with Crippen LogP contribution in [-0.2, 0) is 14.2 Å². The Labute approximate surface area is 716 Å². The molecule has 4 aliphatic rings. The number of aromatic nitrogens is 4. The maximum absolute atomic E-state index is 12.3. The van der Waals surface area contributed by atoms with Crippen molar-refractivity contribution in [2.75, 3.05) is 43.0 Å². The average molecular weight is 1760 g/mol. The molecule has 118 heavy (non-hydrogen) atoms. The van der Waals surface area contributed by atoms with Crippen LogP contribution in [0.4, 0.5) is 74.2 Å². The second kappa shape index (κ2) is 45.7. The number of benzene rings is 4. The fourth-order valence-electron chi connectivity index (χ4n) is 13.5. The van der Waals surface area contributed by atoms with Crippen LogP contribution in [0.1, 0.15) is 220 Å². The molecule has 0 bridgehead atoms. The molecule has 5 amide bonds. The van der Waals surface area contributed by atoms with Crippen LogP contribution in [0.15, 0.2) is 102 Å². The van der Waals surface area contributed by atoms with E-state index >= 15 is 0 Å². The first-order valence-electron chi connectivity index (χ1n) is 39.4. The zero-order chi connectivity index (χ0) is 86.4. The van der Waals surface area contributed by atoms with Crippen molar-refractivity contribution in [3.05, 3.63) is 147 Å². The Morgan fingerprint density at radius 2 is 0.720 bits per heavy atom. The van der Waals surface area contributed by atoms with Gasteiger partial charge in [-0.25, -0.2) is 14.4 Å². The molecule has 4 aromatic heterocycles. The highest BCUT2D eigenvalue weighted by molar-refractivity contribution is 9.10. The molecule has 0 saturated heterocycles. The van der Waals surface area contributed by atoms with Crippen molar-refractivity contribution in [3.8, 4) is 12.1 Å². The smallest absolute Gasteiger partial charge is 0.407 e. The number of carbonyl (C=O) groups excluding carboxylic acids is 5. The third-order valence-corrected chi connectivity index (χ3v) is 22.5. The van der Waals surface area contributed by atoms with Gasteiger partial charge in [-0.05, 0) is 300 Å². The summed E-state index contributed by atoms with van der Waals surface area (Å²) in [7, 11) is 0. The molecule has 0 aliphatic heterocycles. The first kappa shape index (κ1) is 95.0. The van der Waals surface area contributed by atoms with E-state index in [1.54, 1.807) is 24.3 Å². The standard InChI is InChI=1S/C22H31N5O3S.C22H29N5O2S.C18H24BrN3O2.C17H23N5OS.C4H6N2S.H2O2/c1-13-11-19(31-27-13)25-18-12-14(9-10-15(18)20(23)28)24-16-7-5-6-8-17(16)26-21(29)30-22(2,3)4;1-14-11-20(30-27-14)25-19-12-16(10-9-15(19)13-23)24-17-7-5-6-8-18(17)26-21(28)29-22(2,3)4;1-18(2,3)24-17(23)22-16-7-5-4-6-15(16)21-13-9-8-12(11-20)14(19)10-13;1-10-8-16(24-22-10)21-15-9-11(6-7-12(15)17(19)23)20-14-5-3-2-4-13(14)18;1-3-2-4(5)7-6-3;1-2/h9-12,16-17,24-25H,5-8H2,1-4H3,(H2,23,28)(H,26,29);9-12,17-18,24-25H,5-8H2,1-4H3,(H,26,28);8-10,15-16,21H,4-7H2,1-3H3,(H,22,23);6-9,13-14,20-21H,2-5,18H2,1H3,(H2,19,23);2H,5H2,1H3;1-2H/t16-,17+;17-,18+;15-,16+;13-,14+;;/m1110../s1. The number of aryl methyl sites for hydroxylation is 4. The van der Waals surface area contributed by atoms with Crippen molar-refractivity contribution in [1.29, 1.82) is 10.5 Å². The molecule has 0 spiro atoms. The second-order valence-electron chi connectivity index (χ2n) is 32.2. The zero-order valence-corrected chi connectivity index (χ0v) is 74.2. The third kappa shape index (κ3) is 32.7. The predicted octanol–water partition coefficient (Wildman–Crippen LogP) is 18.5. The van der Waals surface area contributed by atoms with E-state index in [1.807, 2.05) is 163 Å². The quantitative estimate of drug-likeness (QED) is 0.0203. The molecule has 20 N–H and O–H groups in total. The maximum Gasteiger partial charge on any atom is 0.407 e. The number of carbonyl (C=O) groups is 5. The van der Waals surface area contributed by atoms with Gasteiger partial charge in [-0.3, -0.25) is 20.1 Å². The second-order valence-corrected chi connectivity index (χ2v) is 36.3. The van der Waals surface area contributed by atoms with Gasteiger partial charge in [0.05, 0.1) is 80.2 Å². The van der Waals surface area contributed by atoms with Crippen molar-refractivity contribution in [2.45, 2.75) is 258 Å². The van der Waals surface area contributed by atoms with Gasteiger partial charge in [-0.15, -0.1) is 0 Å². The van der Waals surface area contributed by atoms with Gasteiger partial charge in [0.25, 0.3) is 11.8 Å². The van der Waals surface area contributed by atoms with Gasteiger partial charge >= 0.3 is 18.3 Å². The Hall–Kier alpha value is -10.1. The van der Waals surface area contributed by atoms with Crippen LogP contribution in [0.3, 0.4) is 0 Å². The van der Waals surface area contributed by atoms with Gasteiger partial charge in [-0.1, -0.05) is 51.4 Å². The van der Waals surface area contributed by atoms with E-state index in [-0.39, 0.29) is 60.5 Å². The minimum absolute atomic E-state index is 0.00945. The van der Waals surface area contributed by atoms with Gasteiger partial charge in [0.15, 0.2) is 0 Å². The molecule has 30 nitrogen and oxygen atoms in total. The summed E-state index contributed by atoms with van der Waals surface area (Å²) in [6.45, 7) is 24.4. The summed E-state index contributed by atoms with van der Waals surface area (Å²) in [6.07, 6.45) is 15.4. The summed E-state index contributed by atoms with van der Waals surface area (Å²) in [5, 5.41) is 66.7. The lowest BCUT2D eigenvalue weighted by molar-refractivity contribution is -0.176. The molecule has 4 fully saturated rings. The molecule has 638 valence electrons. The number of halogens is 1. The summed E-state index contributed by atoms with van der Waals surface area (Å²) < 4.78 is 33.7. The van der Waals surface area contributed by atoms with Crippen LogP contribution >= 0.6 is 62.1 Å². The summed E-state index contributed by atoms with van der Waals surface area (Å²) in [5.74, 6) is -0.961. The number of hydrogen-bond donors (Lipinski definition) is 16. The number of hydrogen-bond acceptors (Lipinski definition) is 29. The number of alkyl carbamates (subject to hydrolysis) is 3. The van der Waals surface area contributed by atoms with E-state index in [4.69, 9.17) is 52.9 Å². The Kier molecular flexibility index (Phi) is 36.8. The number of amides is 5. The first-order chi connectivity index (χ1) is 55.9. The van der Waals surface area contributed by atoms with E-state index in [0.29, 0.717) is 33.6 Å². The monoisotopic (exact) mass is 1760 g/mol. The van der Waals surface area contributed by atoms with E-state index in [1.165, 1.54) is 59.0 Å². The number of nitriles is 2. The van der Waals surface area contributed by atoms with Crippen molar-refractivity contribution < 1.29 is 48.7 Å². The van der Waals surface area contributed by atoms with Gasteiger partial charge < -0.3 is 90.3 Å². The number of nitrogens with zero attached hydrogens (tertiary/aromatic N) is 6. The Morgan fingerprint density at radius 3 is 1.02 bits per heavy atom. The summed E-state index contributed by atoms with van der Waals surface area (Å²) in [6, 6.07) is 34.9. The Bertz CT molecular complexity index is 4660. The van der Waals surface area contributed by atoms with Crippen molar-refractivity contribution >= 4 is 152 Å². The summed E-state index contributed by atoms with van der Waals surface area (Å²) >= 11 is 8.78. The molecular weight excluding hydrogens is 1650 g/mol. The Morgan fingerprint density at radius 1 is 0.424 bits per heavy atom. The SMILES string of the molecule is CC(C)(C)OC(=O)N[C@H]1CCCC[C@H]1Nc1ccc(C#N)c(Br)c1.Cc1cc(N)sn1.Cc1cc(Nc2cc(N[C@@H]3CCCC[C@@H]3N)ccc2C(N)=O)sn1.Cc1cc(Nc2cc(N[C@@H]3CCCC[C@@H]3NC(=O)OC(C)(C)C)ccc2C#N)sn1.Cc1cc(Nc2cc(N[C@@H]3CCCC[C@@H]3NC(=O)OC(C)(C)C)ccc2C(N)=O)sn1.OO. The summed E-state index contributed by atoms with van der Waals surface area (Å²) in [4.78, 5) is 60.2. The minimum atomic E-state index is -0.540. The highest BCUT2D eigenvalue weighted by atomic mass is 79.9. The number of nitrogens with two attached hydrogens (primary N) is 4. The molecule has 4 saturated carbocycles. The lowest BCUT2D eigenvalue weighted by Crippen LogP contribution is -2.49. The number of ether oxygens (including phenoxy) is 3. The van der Waals surface area contributed by atoms with Crippen molar-refractivity contribution in [3.63, 3.8) is 0 Å². The normalized spacial score (nSPS) is 18.8. The third-order valence-electron chi connectivity index (χ3n) is 18.7. The zero-order valence-electron chi connectivity index (χ0n) is 69.3. The number of nitrogen functional groups attached to an aromatic ring is 1. The van der Waals surface area contributed by atoms with Crippen LogP contribution in [0.2, 0.25) is 0 Å². The molecule has 4 heterocycles. The predicted molar refractivity (Wildman–Crippen MR) is 478 cm³/mol. The van der Waals surface area contributed by atoms with E-state index in [0.717, 1.165) is 166 Å². The number of nitrogens with one attached hydrogen (secondary N) is 10. The van der Waals surface area contributed by atoms with Crippen LogP contribution in [0.25, 0.3) is 0 Å². The lowest BCUT2D eigenvalue weighted by Gasteiger charge is -2.34. The first-order valence-corrected chi connectivity index (χ1v) is 43.2. The Balaban J connectivity index is 0.000000210. The molecule has 8 aromatic rings. The van der Waals surface area contributed by atoms with Crippen LogP contribution < -0.4 is 76.1 Å². The topological polar surface area (TPSA) is 477 Å². The number of anilines is 11. The van der Waals surface area contributed by atoms with Gasteiger partial charge in [0.1, 0.15) is 48.9 Å². The van der Waals surface area contributed by atoms with Gasteiger partial charge in [0.2, 0.25) is 0 Å². The number of primary amides is 2. The maximum atomic E-state index is 12.3. The highest BCUT2D eigenvalue weighted by Crippen LogP contribution is 2.35. The van der Waals surface area contributed by atoms with E-state index < -0.39 is 34.7 Å². The van der Waals surface area contributed by atoms with Crippen molar-refractivity contribution in [2.24, 2.45) is 17.2 Å². The van der Waals surface area contributed by atoms with E-state index in [9.17, 15) is 29.2 Å². The molecule has 0 unspecified atom stereocenters. The van der Waals surface area contributed by atoms with E-state index in [2.05, 4.69) is 98.7 Å². The molecule has 8 atom stereocenters. The largest absolute Gasteiger partial charge is 0.444 e. The van der Waals surface area contributed by atoms with Gasteiger partial charge in [-0.2, -0.15) is 28.0 Å². The fraction of sp³-hybridized carbons (Fsp3) is 0.482. The number of rotatable bonds is 19. The average Bonchev–Trinajstić information content (AvgIpc) is 1.71. The molecular formula is C83H115BrN20O10S4. The molecule has 12 rings (SSSR count). The molecule has 35 heteroatoms. The minimum Gasteiger partial charge on any atom is -0.444 e. The van der Waals surface area contributed by atoms with Gasteiger partial charge in [0, 0.05) is 57.4 Å². The molecule has 4 aliphatic carbocycles. The van der Waals surface area contributed by atoms with Crippen molar-refractivity contribution in [1.82, 2.24) is 33.4 Å². The van der Waals surface area contributed by atoms with Crippen LogP contribution in [0, 0.1) is 50.4 Å². The lowest BCUT2D eigenvalue weighted by atomic mass is 9.90. The fourth-order valence-corrected chi connectivity index (χ4v) is 16.5.